The van der Waals surface area contributed by atoms with E-state index in [1.165, 1.54) is 36.4 Å². The van der Waals surface area contributed by atoms with E-state index >= 15 is 0 Å². The minimum Gasteiger partial charge on any atom is -0.421 e. The van der Waals surface area contributed by atoms with Crippen LogP contribution >= 0.6 is 23.2 Å². The maximum Gasteiger partial charge on any atom is 0.343 e. The molecule has 2 aromatic carbocycles. The first-order valence-corrected chi connectivity index (χ1v) is 8.39. The number of rotatable bonds is 3. The Balaban J connectivity index is 2.21. The van der Waals surface area contributed by atoms with Crippen LogP contribution in [-0.2, 0) is 9.84 Å². The highest BCUT2D eigenvalue weighted by Gasteiger charge is 2.13. The third kappa shape index (κ3) is 3.97. The van der Waals surface area contributed by atoms with Crippen LogP contribution in [0.5, 0.6) is 5.75 Å². The van der Waals surface area contributed by atoms with Crippen LogP contribution in [0, 0.1) is 0 Å². The topological polar surface area (TPSA) is 60.4 Å². The zero-order valence-corrected chi connectivity index (χ0v) is 13.2. The van der Waals surface area contributed by atoms with Gasteiger partial charge in [-0.1, -0.05) is 23.2 Å². The van der Waals surface area contributed by atoms with Crippen LogP contribution < -0.4 is 4.74 Å². The summed E-state index contributed by atoms with van der Waals surface area (Å²) in [6, 6.07) is 9.92. The fourth-order valence-corrected chi connectivity index (χ4v) is 2.63. The van der Waals surface area contributed by atoms with Gasteiger partial charge in [-0.15, -0.1) is 0 Å². The molecule has 0 bridgehead atoms. The van der Waals surface area contributed by atoms with Crippen molar-refractivity contribution < 1.29 is 17.9 Å². The number of ether oxygens (including phenoxy) is 1. The molecule has 0 atom stereocenters. The number of hydrogen-bond donors (Lipinski definition) is 0. The van der Waals surface area contributed by atoms with E-state index in [0.29, 0.717) is 5.02 Å². The number of benzene rings is 2. The molecule has 0 N–H and O–H groups in total. The van der Waals surface area contributed by atoms with Gasteiger partial charge in [0.05, 0.1) is 15.5 Å². The van der Waals surface area contributed by atoms with Gasteiger partial charge in [-0.05, 0) is 42.5 Å². The van der Waals surface area contributed by atoms with E-state index in [4.69, 9.17) is 27.9 Å². The molecule has 0 saturated carbocycles. The second kappa shape index (κ2) is 6.05. The van der Waals surface area contributed by atoms with E-state index in [1.54, 1.807) is 6.07 Å². The first kappa shape index (κ1) is 15.8. The molecule has 0 radical (unpaired) electrons. The molecule has 4 nitrogen and oxygen atoms in total. The molecule has 7 heteroatoms. The monoisotopic (exact) mass is 344 g/mol. The minimum absolute atomic E-state index is 0.128. The van der Waals surface area contributed by atoms with Crippen molar-refractivity contribution in [2.45, 2.75) is 4.90 Å². The number of hydrogen-bond acceptors (Lipinski definition) is 4. The Morgan fingerprint density at radius 1 is 1.05 bits per heavy atom. The predicted molar refractivity (Wildman–Crippen MR) is 81.0 cm³/mol. The number of esters is 1. The van der Waals surface area contributed by atoms with Crippen molar-refractivity contribution in [3.63, 3.8) is 0 Å². The summed E-state index contributed by atoms with van der Waals surface area (Å²) in [6.07, 6.45) is 1.09. The molecule has 0 fully saturated rings. The molecule has 0 heterocycles. The smallest absolute Gasteiger partial charge is 0.343 e. The summed E-state index contributed by atoms with van der Waals surface area (Å²) in [4.78, 5) is 12.1. The van der Waals surface area contributed by atoms with Gasteiger partial charge in [-0.25, -0.2) is 13.2 Å². The van der Waals surface area contributed by atoms with E-state index in [-0.39, 0.29) is 21.2 Å². The summed E-state index contributed by atoms with van der Waals surface area (Å²) in [5.41, 5.74) is 0.216. The highest BCUT2D eigenvalue weighted by molar-refractivity contribution is 7.90. The lowest BCUT2D eigenvalue weighted by Gasteiger charge is -2.07. The van der Waals surface area contributed by atoms with Gasteiger partial charge in [0.15, 0.2) is 9.84 Å². The SMILES string of the molecule is CS(=O)(=O)c1ccc(C(=O)Oc2ccc(Cl)cc2Cl)cc1. The Morgan fingerprint density at radius 3 is 2.19 bits per heavy atom. The Morgan fingerprint density at radius 2 is 1.67 bits per heavy atom. The first-order chi connectivity index (χ1) is 9.77. The molecule has 0 saturated heterocycles. The third-order valence-corrected chi connectivity index (χ3v) is 4.27. The molecule has 110 valence electrons. The molecule has 2 rings (SSSR count). The van der Waals surface area contributed by atoms with Crippen LogP contribution in [0.25, 0.3) is 0 Å². The molecule has 0 unspecified atom stereocenters. The van der Waals surface area contributed by atoms with Gasteiger partial charge in [0, 0.05) is 11.3 Å². The zero-order chi connectivity index (χ0) is 15.6. The number of carbonyl (C=O) groups excluding carboxylic acids is 1. The lowest BCUT2D eigenvalue weighted by Crippen LogP contribution is -2.09. The van der Waals surface area contributed by atoms with E-state index in [9.17, 15) is 13.2 Å². The molecular weight excluding hydrogens is 335 g/mol. The highest BCUT2D eigenvalue weighted by Crippen LogP contribution is 2.28. The Bertz CT molecular complexity index is 783. The maximum atomic E-state index is 11.9. The lowest BCUT2D eigenvalue weighted by molar-refractivity contribution is 0.0734. The molecule has 0 amide bonds. The molecule has 21 heavy (non-hydrogen) atoms. The standard InChI is InChI=1S/C14H10Cl2O4S/c1-21(18,19)11-5-2-9(3-6-11)14(17)20-13-7-4-10(15)8-12(13)16/h2-8H,1H3. The number of sulfone groups is 1. The third-order valence-electron chi connectivity index (χ3n) is 2.61. The van der Waals surface area contributed by atoms with Crippen LogP contribution in [0.2, 0.25) is 10.0 Å². The average Bonchev–Trinajstić information content (AvgIpc) is 2.41. The number of carbonyl (C=O) groups is 1. The normalized spacial score (nSPS) is 11.2. The molecule has 0 aromatic heterocycles. The van der Waals surface area contributed by atoms with Gasteiger partial charge in [-0.2, -0.15) is 0 Å². The van der Waals surface area contributed by atoms with Gasteiger partial charge in [0.25, 0.3) is 0 Å². The van der Waals surface area contributed by atoms with Crippen molar-refractivity contribution in [1.29, 1.82) is 0 Å². The number of halogens is 2. The minimum atomic E-state index is -3.30. The predicted octanol–water partition coefficient (Wildman–Crippen LogP) is 3.62. The maximum absolute atomic E-state index is 11.9. The van der Waals surface area contributed by atoms with Gasteiger partial charge < -0.3 is 4.74 Å². The molecule has 0 aliphatic rings. The molecule has 0 spiro atoms. The summed E-state index contributed by atoms with van der Waals surface area (Å²) in [5, 5.41) is 0.640. The lowest BCUT2D eigenvalue weighted by atomic mass is 10.2. The summed E-state index contributed by atoms with van der Waals surface area (Å²) in [6.45, 7) is 0. The van der Waals surface area contributed by atoms with Gasteiger partial charge in [-0.3, -0.25) is 0 Å². The molecular formula is C14H10Cl2O4S. The summed E-state index contributed by atoms with van der Waals surface area (Å²) < 4.78 is 27.8. The second-order valence-electron chi connectivity index (χ2n) is 4.26. The molecule has 2 aromatic rings. The van der Waals surface area contributed by atoms with Gasteiger partial charge >= 0.3 is 5.97 Å². The van der Waals surface area contributed by atoms with Crippen molar-refractivity contribution in [3.8, 4) is 5.75 Å². The summed E-state index contributed by atoms with van der Waals surface area (Å²) in [7, 11) is -3.30. The summed E-state index contributed by atoms with van der Waals surface area (Å²) in [5.74, 6) is -0.461. The van der Waals surface area contributed by atoms with E-state index < -0.39 is 15.8 Å². The van der Waals surface area contributed by atoms with Crippen LogP contribution in [-0.4, -0.2) is 20.6 Å². The van der Waals surface area contributed by atoms with Gasteiger partial charge in [0.2, 0.25) is 0 Å². The van der Waals surface area contributed by atoms with Crippen LogP contribution in [0.3, 0.4) is 0 Å². The van der Waals surface area contributed by atoms with Crippen LogP contribution in [0.15, 0.2) is 47.4 Å². The Labute approximate surface area is 132 Å². The zero-order valence-electron chi connectivity index (χ0n) is 10.8. The molecule has 0 aliphatic heterocycles. The van der Waals surface area contributed by atoms with Gasteiger partial charge in [0.1, 0.15) is 5.75 Å². The molecule has 0 aliphatic carbocycles. The fourth-order valence-electron chi connectivity index (χ4n) is 1.55. The van der Waals surface area contributed by atoms with Crippen molar-refractivity contribution >= 4 is 39.0 Å². The second-order valence-corrected chi connectivity index (χ2v) is 7.12. The highest BCUT2D eigenvalue weighted by atomic mass is 35.5. The van der Waals surface area contributed by atoms with Crippen LogP contribution in [0.4, 0.5) is 0 Å². The summed E-state index contributed by atoms with van der Waals surface area (Å²) >= 11 is 11.7. The first-order valence-electron chi connectivity index (χ1n) is 5.75. The Kier molecular flexibility index (Phi) is 4.56. The van der Waals surface area contributed by atoms with Crippen molar-refractivity contribution in [1.82, 2.24) is 0 Å². The van der Waals surface area contributed by atoms with Crippen molar-refractivity contribution in [3.05, 3.63) is 58.1 Å². The van der Waals surface area contributed by atoms with E-state index in [0.717, 1.165) is 6.26 Å². The fraction of sp³-hybridized carbons (Fsp3) is 0.0714. The largest absolute Gasteiger partial charge is 0.421 e. The van der Waals surface area contributed by atoms with Crippen molar-refractivity contribution in [2.24, 2.45) is 0 Å². The van der Waals surface area contributed by atoms with E-state index in [1.807, 2.05) is 0 Å². The average molecular weight is 345 g/mol. The van der Waals surface area contributed by atoms with Crippen molar-refractivity contribution in [2.75, 3.05) is 6.26 Å². The van der Waals surface area contributed by atoms with Crippen LogP contribution in [0.1, 0.15) is 10.4 Å². The van der Waals surface area contributed by atoms with E-state index in [2.05, 4.69) is 0 Å². The quantitative estimate of drug-likeness (QED) is 0.630. The Hall–Kier alpha value is -1.56.